The zero-order valence-electron chi connectivity index (χ0n) is 17.4. The Bertz CT molecular complexity index is 880. The Morgan fingerprint density at radius 2 is 1.77 bits per heavy atom. The number of ether oxygens (including phenoxy) is 3. The molecule has 2 aromatic carbocycles. The van der Waals surface area contributed by atoms with E-state index in [-0.39, 0.29) is 24.4 Å². The van der Waals surface area contributed by atoms with E-state index in [4.69, 9.17) is 14.2 Å². The lowest BCUT2D eigenvalue weighted by Gasteiger charge is -2.36. The highest BCUT2D eigenvalue weighted by Crippen LogP contribution is 2.25. The van der Waals surface area contributed by atoms with Gasteiger partial charge >= 0.3 is 0 Å². The lowest BCUT2D eigenvalue weighted by Crippen LogP contribution is -2.51. The van der Waals surface area contributed by atoms with E-state index in [2.05, 4.69) is 4.90 Å². The average Bonchev–Trinajstić information content (AvgIpc) is 3.34. The molecule has 1 saturated heterocycles. The molecule has 2 aliphatic rings. The van der Waals surface area contributed by atoms with E-state index in [9.17, 15) is 9.18 Å². The molecule has 1 amide bonds. The third-order valence-corrected chi connectivity index (χ3v) is 5.59. The van der Waals surface area contributed by atoms with Gasteiger partial charge in [-0.15, -0.1) is 0 Å². The van der Waals surface area contributed by atoms with Crippen molar-refractivity contribution in [2.75, 3.05) is 46.1 Å². The minimum absolute atomic E-state index is 0.0721. The fourth-order valence-corrected chi connectivity index (χ4v) is 3.83. The van der Waals surface area contributed by atoms with Gasteiger partial charge in [-0.2, -0.15) is 0 Å². The zero-order chi connectivity index (χ0) is 21.5. The molecule has 0 N–H and O–H groups in total. The first-order valence-electron chi connectivity index (χ1n) is 10.6. The van der Waals surface area contributed by atoms with Crippen molar-refractivity contribution >= 4 is 5.91 Å². The first-order chi connectivity index (χ1) is 15.2. The number of amides is 1. The van der Waals surface area contributed by atoms with Crippen LogP contribution in [0.25, 0.3) is 0 Å². The van der Waals surface area contributed by atoms with Crippen LogP contribution in [0.4, 0.5) is 4.39 Å². The molecule has 164 valence electrons. The zero-order valence-corrected chi connectivity index (χ0v) is 17.4. The van der Waals surface area contributed by atoms with E-state index < -0.39 is 0 Å². The minimum atomic E-state index is -0.377. The average molecular weight is 426 g/mol. The number of nitrogens with zero attached hydrogens (tertiary/aromatic N) is 2. The summed E-state index contributed by atoms with van der Waals surface area (Å²) in [6.45, 7) is 4.34. The Labute approximate surface area is 181 Å². The molecule has 0 aliphatic carbocycles. The molecule has 1 fully saturated rings. The molecule has 2 aliphatic heterocycles. The third kappa shape index (κ3) is 5.76. The normalized spacial score (nSPS) is 17.5. The molecule has 6 nitrogen and oxygen atoms in total. The first kappa shape index (κ1) is 21.2. The van der Waals surface area contributed by atoms with Crippen molar-refractivity contribution in [1.29, 1.82) is 0 Å². The molecule has 0 aromatic heterocycles. The maximum atomic E-state index is 13.3. The smallest absolute Gasteiger partial charge is 0.233 e. The van der Waals surface area contributed by atoms with Crippen LogP contribution in [0.1, 0.15) is 5.56 Å². The molecule has 0 bridgehead atoms. The molecule has 7 heteroatoms. The van der Waals surface area contributed by atoms with Gasteiger partial charge < -0.3 is 19.1 Å². The van der Waals surface area contributed by atoms with Crippen molar-refractivity contribution in [3.8, 4) is 5.75 Å². The minimum Gasteiger partial charge on any atom is -0.492 e. The summed E-state index contributed by atoms with van der Waals surface area (Å²) in [5.41, 5.74) is 1.09. The molecule has 1 atom stereocenters. The van der Waals surface area contributed by atoms with Crippen LogP contribution in [0.15, 0.2) is 66.6 Å². The van der Waals surface area contributed by atoms with Gasteiger partial charge in [0.15, 0.2) is 0 Å². The van der Waals surface area contributed by atoms with Gasteiger partial charge in [-0.3, -0.25) is 9.69 Å². The van der Waals surface area contributed by atoms with Crippen LogP contribution in [-0.4, -0.2) is 61.8 Å². The van der Waals surface area contributed by atoms with Crippen LogP contribution >= 0.6 is 0 Å². The molecular formula is C24H27FN2O4. The molecule has 4 rings (SSSR count). The van der Waals surface area contributed by atoms with E-state index in [1.807, 2.05) is 35.2 Å². The van der Waals surface area contributed by atoms with Crippen LogP contribution in [0.3, 0.4) is 0 Å². The van der Waals surface area contributed by atoms with E-state index in [0.29, 0.717) is 37.6 Å². The number of carbonyl (C=O) groups is 1. The Hall–Kier alpha value is -3.06. The Morgan fingerprint density at radius 3 is 2.45 bits per heavy atom. The number of carbonyl (C=O) groups excluding carboxylic acids is 1. The second kappa shape index (κ2) is 10.3. The van der Waals surface area contributed by atoms with E-state index in [1.54, 1.807) is 18.4 Å². The highest BCUT2D eigenvalue weighted by atomic mass is 19.1. The number of hydrogen-bond donors (Lipinski definition) is 0. The van der Waals surface area contributed by atoms with Gasteiger partial charge in [0.25, 0.3) is 0 Å². The molecule has 0 radical (unpaired) electrons. The lowest BCUT2D eigenvalue weighted by molar-refractivity contribution is -0.137. The summed E-state index contributed by atoms with van der Waals surface area (Å²) in [6.07, 6.45) is 2.15. The summed E-state index contributed by atoms with van der Waals surface area (Å²) in [6, 6.07) is 16.0. The van der Waals surface area contributed by atoms with Gasteiger partial charge in [-0.1, -0.05) is 30.3 Å². The van der Waals surface area contributed by atoms with Crippen LogP contribution in [-0.2, 0) is 20.7 Å². The summed E-state index contributed by atoms with van der Waals surface area (Å²) in [4.78, 5) is 17.5. The Balaban J connectivity index is 1.28. The van der Waals surface area contributed by atoms with Crippen LogP contribution < -0.4 is 4.74 Å². The number of rotatable bonds is 8. The topological polar surface area (TPSA) is 51.2 Å². The second-order valence-electron chi connectivity index (χ2n) is 7.66. The summed E-state index contributed by atoms with van der Waals surface area (Å²) in [7, 11) is 0. The summed E-state index contributed by atoms with van der Waals surface area (Å²) < 4.78 is 29.4. The van der Waals surface area contributed by atoms with Crippen LogP contribution in [0, 0.1) is 11.7 Å². The van der Waals surface area contributed by atoms with Gasteiger partial charge in [-0.25, -0.2) is 4.39 Å². The fourth-order valence-electron chi connectivity index (χ4n) is 3.83. The first-order valence-corrected chi connectivity index (χ1v) is 10.6. The summed E-state index contributed by atoms with van der Waals surface area (Å²) in [5.74, 6) is 0.681. The molecule has 2 aromatic rings. The molecular weight excluding hydrogens is 399 g/mol. The summed E-state index contributed by atoms with van der Waals surface area (Å²) >= 11 is 0. The predicted octanol–water partition coefficient (Wildman–Crippen LogP) is 3.05. The highest BCUT2D eigenvalue weighted by molar-refractivity contribution is 5.81. The number of benzene rings is 2. The maximum Gasteiger partial charge on any atom is 0.233 e. The predicted molar refractivity (Wildman–Crippen MR) is 114 cm³/mol. The number of halogens is 1. The molecule has 2 heterocycles. The van der Waals surface area contributed by atoms with Crippen LogP contribution in [0.5, 0.6) is 5.75 Å². The fraction of sp³-hybridized carbons (Fsp3) is 0.375. The van der Waals surface area contributed by atoms with E-state index in [1.165, 1.54) is 12.1 Å². The van der Waals surface area contributed by atoms with Crippen molar-refractivity contribution < 1.29 is 23.4 Å². The largest absolute Gasteiger partial charge is 0.492 e. The third-order valence-electron chi connectivity index (χ3n) is 5.59. The molecule has 0 spiro atoms. The molecule has 0 saturated carbocycles. The quantitative estimate of drug-likeness (QED) is 0.650. The van der Waals surface area contributed by atoms with E-state index >= 15 is 0 Å². The van der Waals surface area contributed by atoms with Crippen molar-refractivity contribution in [2.45, 2.75) is 6.42 Å². The van der Waals surface area contributed by atoms with Gasteiger partial charge in [0.1, 0.15) is 36.1 Å². The van der Waals surface area contributed by atoms with Gasteiger partial charge in [0.05, 0.1) is 0 Å². The van der Waals surface area contributed by atoms with Crippen LogP contribution in [0.2, 0.25) is 0 Å². The maximum absolute atomic E-state index is 13.3. The molecule has 31 heavy (non-hydrogen) atoms. The van der Waals surface area contributed by atoms with Gasteiger partial charge in [0, 0.05) is 32.7 Å². The Kier molecular flexibility index (Phi) is 7.04. The van der Waals surface area contributed by atoms with Crippen molar-refractivity contribution in [2.24, 2.45) is 5.92 Å². The van der Waals surface area contributed by atoms with Crippen molar-refractivity contribution in [3.63, 3.8) is 0 Å². The van der Waals surface area contributed by atoms with Gasteiger partial charge in [0.2, 0.25) is 12.7 Å². The Morgan fingerprint density at radius 1 is 1.03 bits per heavy atom. The SMILES string of the molecule is O=C(C(Cc1ccccc1)C1=COCO1)N1CCN(CCOc2ccc(F)cc2)CC1. The van der Waals surface area contributed by atoms with Crippen molar-refractivity contribution in [3.05, 3.63) is 78.0 Å². The standard InChI is InChI=1S/C24H27FN2O4/c25-20-6-8-21(9-7-20)30-15-14-26-10-12-27(13-11-26)24(28)22(23-17-29-18-31-23)16-19-4-2-1-3-5-19/h1-9,17,22H,10-16,18H2. The van der Waals surface area contributed by atoms with Gasteiger partial charge in [-0.05, 0) is 36.2 Å². The number of hydrogen-bond acceptors (Lipinski definition) is 5. The highest BCUT2D eigenvalue weighted by Gasteiger charge is 2.33. The van der Waals surface area contributed by atoms with E-state index in [0.717, 1.165) is 25.2 Å². The lowest BCUT2D eigenvalue weighted by atomic mass is 9.96. The second-order valence-corrected chi connectivity index (χ2v) is 7.66. The number of piperazine rings is 1. The monoisotopic (exact) mass is 426 g/mol. The van der Waals surface area contributed by atoms with Crippen molar-refractivity contribution in [1.82, 2.24) is 9.80 Å². The summed E-state index contributed by atoms with van der Waals surface area (Å²) in [5, 5.41) is 0. The molecule has 1 unspecified atom stereocenters.